The monoisotopic (exact) mass is 886 g/mol. The molecule has 60 heavy (non-hydrogen) atoms. The summed E-state index contributed by atoms with van der Waals surface area (Å²) in [5, 5.41) is 53.6. The van der Waals surface area contributed by atoms with Crippen molar-refractivity contribution in [2.45, 2.75) is 191 Å². The molecule has 0 amide bonds. The fraction of sp³-hybridized carbons (Fsp3) is 0.951. The minimum Gasteiger partial charge on any atom is -0.726 e. The fourth-order valence-electron chi connectivity index (χ4n) is 12.5. The molecule has 3 saturated heterocycles. The Morgan fingerprint density at radius 3 is 2.17 bits per heavy atom. The minimum atomic E-state index is -5.11. The summed E-state index contributed by atoms with van der Waals surface area (Å²) in [6.07, 6.45) is -3.91. The molecule has 340 valence electrons. The number of aliphatic hydroxyl groups excluding tert-OH is 5. The van der Waals surface area contributed by atoms with Gasteiger partial charge in [0.25, 0.3) is 0 Å². The summed E-state index contributed by atoms with van der Waals surface area (Å²) in [7, 11) is -1.87. The van der Waals surface area contributed by atoms with E-state index in [1.165, 1.54) is 5.57 Å². The van der Waals surface area contributed by atoms with Crippen LogP contribution in [0.5, 0.6) is 0 Å². The molecule has 3 heterocycles. The third kappa shape index (κ3) is 9.79. The topological polar surface area (TPSA) is 241 Å². The Bertz CT molecular complexity index is 1590. The van der Waals surface area contributed by atoms with E-state index in [0.29, 0.717) is 31.1 Å². The van der Waals surface area contributed by atoms with Crippen molar-refractivity contribution in [3.8, 4) is 0 Å². The fourth-order valence-corrected chi connectivity index (χ4v) is 12.8. The van der Waals surface area contributed by atoms with E-state index in [-0.39, 0.29) is 70.5 Å². The SMILES string of the molecule is CO[C@@H]1C[C@H](O[C@@H]2[C@@H](C)O[C@@H](O[C@H]3CC[C@@]4(C)C(=CC[C@H]5[C@@H]6C[C@@H](O[C@@H]7O[C@H](COS(=O)(=O)[O-])[C@@H](O)[C@H](O)[C@H]7O)[C@H](C(C)O)[C@@]6(C)CC[C@@H]54)C3)C[C@H]2OC)O[C@H](C)[C@H]1O.[Na+]. The summed E-state index contributed by atoms with van der Waals surface area (Å²) < 4.78 is 86.6. The van der Waals surface area contributed by atoms with Gasteiger partial charge in [-0.1, -0.05) is 25.5 Å². The van der Waals surface area contributed by atoms with Gasteiger partial charge >= 0.3 is 29.6 Å². The van der Waals surface area contributed by atoms with Crippen LogP contribution in [0.1, 0.15) is 92.4 Å². The van der Waals surface area contributed by atoms with Gasteiger partial charge in [0.2, 0.25) is 10.4 Å². The van der Waals surface area contributed by atoms with Crippen LogP contribution in [0, 0.1) is 34.5 Å². The third-order valence-corrected chi connectivity index (χ3v) is 16.0. The van der Waals surface area contributed by atoms with Crippen molar-refractivity contribution in [3.05, 3.63) is 11.6 Å². The molecule has 0 aromatic carbocycles. The maximum atomic E-state index is 11.3. The summed E-state index contributed by atoms with van der Waals surface area (Å²) in [4.78, 5) is 0. The number of rotatable bonds is 12. The molecule has 1 unspecified atom stereocenters. The summed E-state index contributed by atoms with van der Waals surface area (Å²) in [6, 6.07) is 0. The minimum absolute atomic E-state index is 0. The van der Waals surface area contributed by atoms with E-state index in [1.54, 1.807) is 28.1 Å². The first-order valence-corrected chi connectivity index (χ1v) is 22.8. The smallest absolute Gasteiger partial charge is 0.726 e. The third-order valence-electron chi connectivity index (χ3n) is 15.6. The van der Waals surface area contributed by atoms with E-state index < -0.39 is 96.9 Å². The molecule has 22 atom stereocenters. The molecule has 19 heteroatoms. The van der Waals surface area contributed by atoms with Crippen LogP contribution in [0.3, 0.4) is 0 Å². The number of hydrogen-bond donors (Lipinski definition) is 5. The molecule has 3 aliphatic heterocycles. The molecule has 5 N–H and O–H groups in total. The first-order valence-electron chi connectivity index (χ1n) is 21.5. The van der Waals surface area contributed by atoms with Gasteiger partial charge in [0.05, 0.1) is 49.3 Å². The van der Waals surface area contributed by atoms with Gasteiger partial charge in [-0.05, 0) is 94.3 Å². The summed E-state index contributed by atoms with van der Waals surface area (Å²) in [6.45, 7) is 9.23. The van der Waals surface area contributed by atoms with E-state index in [2.05, 4.69) is 24.1 Å². The Hall–Kier alpha value is 0.0900. The van der Waals surface area contributed by atoms with Crippen LogP contribution in [0.4, 0.5) is 0 Å². The number of fused-ring (bicyclic) bond motifs is 5. The van der Waals surface area contributed by atoms with Crippen molar-refractivity contribution in [1.82, 2.24) is 0 Å². The molecule has 0 radical (unpaired) electrons. The van der Waals surface area contributed by atoms with Crippen LogP contribution in [-0.2, 0) is 52.5 Å². The first kappa shape index (κ1) is 49.5. The molecule has 0 aromatic heterocycles. The van der Waals surface area contributed by atoms with Crippen LogP contribution in [0.2, 0.25) is 0 Å². The van der Waals surface area contributed by atoms with Crippen molar-refractivity contribution < 1.29 is 110 Å². The molecule has 7 aliphatic rings. The number of hydrogen-bond acceptors (Lipinski definition) is 17. The Labute approximate surface area is 376 Å². The molecule has 0 bridgehead atoms. The van der Waals surface area contributed by atoms with Crippen molar-refractivity contribution in [3.63, 3.8) is 0 Å². The standard InChI is InChI=1S/C41H68O17S.Na/c1-19(42)33-27(56-39-37(46)36(45)35(44)30(57-39)18-52-59(47,48)49)15-26-24-9-8-22-14-23(10-12-40(22,4)25(24)11-13-41(26,33)5)55-31-17-29(51-7)38(21(3)54-31)58-32-16-28(50-6)34(43)20(2)53-32;/h8,19-21,23-39,42-46H,9-18H2,1-7H3,(H,47,48,49);/q;+1/p-1/t19?,20-,21-,23+,24-,25+,26+,27-,28-,29-,30-,31+,32+,33+,34-,35-,36+,37-,38-,39-,40+,41+;/m1./s1. The van der Waals surface area contributed by atoms with E-state index in [1.807, 2.05) is 6.92 Å². The molecular weight excluding hydrogens is 819 g/mol. The van der Waals surface area contributed by atoms with Crippen molar-refractivity contribution in [2.24, 2.45) is 34.5 Å². The zero-order valence-corrected chi connectivity index (χ0v) is 39.1. The number of aliphatic hydroxyl groups is 5. The number of methoxy groups -OCH3 is 2. The van der Waals surface area contributed by atoms with Gasteiger partial charge in [0.1, 0.15) is 36.6 Å². The van der Waals surface area contributed by atoms with Crippen molar-refractivity contribution in [1.29, 1.82) is 0 Å². The average molecular weight is 887 g/mol. The molecular formula is C41H67NaO17S. The average Bonchev–Trinajstić information content (AvgIpc) is 3.48. The van der Waals surface area contributed by atoms with Crippen LogP contribution in [0.15, 0.2) is 11.6 Å². The molecule has 4 aliphatic carbocycles. The predicted molar refractivity (Wildman–Crippen MR) is 205 cm³/mol. The summed E-state index contributed by atoms with van der Waals surface area (Å²) in [5.41, 5.74) is 1.06. The van der Waals surface area contributed by atoms with Gasteiger partial charge < -0.3 is 68.0 Å². The second kappa shape index (κ2) is 19.5. The Balaban J connectivity index is 0.00000604. The number of ether oxygens (including phenoxy) is 8. The second-order valence-corrected chi connectivity index (χ2v) is 19.9. The van der Waals surface area contributed by atoms with Crippen molar-refractivity contribution in [2.75, 3.05) is 20.8 Å². The summed E-state index contributed by atoms with van der Waals surface area (Å²) in [5.74, 6) is 0.536. The molecule has 0 aromatic rings. The van der Waals surface area contributed by atoms with Gasteiger partial charge in [0.15, 0.2) is 18.9 Å². The van der Waals surface area contributed by atoms with Crippen molar-refractivity contribution >= 4 is 10.4 Å². The largest absolute Gasteiger partial charge is 1.00 e. The van der Waals surface area contributed by atoms with Gasteiger partial charge in [-0.15, -0.1) is 0 Å². The van der Waals surface area contributed by atoms with Crippen LogP contribution < -0.4 is 29.6 Å². The van der Waals surface area contributed by atoms with E-state index in [4.69, 9.17) is 37.9 Å². The van der Waals surface area contributed by atoms with E-state index in [9.17, 15) is 38.5 Å². The van der Waals surface area contributed by atoms with E-state index in [0.717, 1.165) is 38.5 Å². The first-order chi connectivity index (χ1) is 27.8. The zero-order chi connectivity index (χ0) is 42.8. The van der Waals surface area contributed by atoms with Crippen LogP contribution in [-0.4, -0.2) is 158 Å². The normalized spacial score (nSPS) is 50.1. The zero-order valence-electron chi connectivity index (χ0n) is 36.2. The molecule has 7 rings (SSSR count). The Morgan fingerprint density at radius 1 is 0.833 bits per heavy atom. The molecule has 6 fully saturated rings. The van der Waals surface area contributed by atoms with Crippen LogP contribution in [0.25, 0.3) is 0 Å². The predicted octanol–water partition coefficient (Wildman–Crippen LogP) is -1.34. The summed E-state index contributed by atoms with van der Waals surface area (Å²) >= 11 is 0. The van der Waals surface area contributed by atoms with Crippen LogP contribution >= 0.6 is 0 Å². The second-order valence-electron chi connectivity index (χ2n) is 18.8. The maximum Gasteiger partial charge on any atom is 1.00 e. The Morgan fingerprint density at radius 2 is 1.50 bits per heavy atom. The van der Waals surface area contributed by atoms with E-state index >= 15 is 0 Å². The van der Waals surface area contributed by atoms with Gasteiger partial charge in [-0.2, -0.15) is 0 Å². The molecule has 17 nitrogen and oxygen atoms in total. The number of allylic oxidation sites excluding steroid dienone is 1. The quantitative estimate of drug-likeness (QED) is 0.0660. The maximum absolute atomic E-state index is 11.3. The molecule has 0 spiro atoms. The molecule has 3 saturated carbocycles. The van der Waals surface area contributed by atoms with Gasteiger partial charge in [0, 0.05) is 33.0 Å². The Kier molecular flexibility index (Phi) is 16.1. The van der Waals surface area contributed by atoms with Gasteiger partial charge in [-0.25, -0.2) is 8.42 Å². The van der Waals surface area contributed by atoms with Gasteiger partial charge in [-0.3, -0.25) is 4.18 Å².